The van der Waals surface area contributed by atoms with Gasteiger partial charge in [-0.25, -0.2) is 0 Å². The van der Waals surface area contributed by atoms with Crippen molar-refractivity contribution in [3.05, 3.63) is 59.7 Å². The summed E-state index contributed by atoms with van der Waals surface area (Å²) >= 11 is 0. The van der Waals surface area contributed by atoms with Crippen molar-refractivity contribution < 1.29 is 18.8 Å². The van der Waals surface area contributed by atoms with Crippen molar-refractivity contribution in [2.45, 2.75) is 44.6 Å². The zero-order valence-corrected chi connectivity index (χ0v) is 21.2. The molecule has 2 N–H and O–H groups in total. The van der Waals surface area contributed by atoms with Gasteiger partial charge in [-0.1, -0.05) is 24.3 Å². The van der Waals surface area contributed by atoms with E-state index in [9.17, 15) is 4.79 Å². The van der Waals surface area contributed by atoms with E-state index in [1.807, 2.05) is 29.2 Å². The molecule has 34 heavy (non-hydrogen) atoms. The van der Waals surface area contributed by atoms with Crippen LogP contribution in [-0.2, 0) is 17.6 Å². The van der Waals surface area contributed by atoms with Gasteiger partial charge in [0.25, 0.3) is 0 Å². The Morgan fingerprint density at radius 1 is 0.882 bits per heavy atom. The summed E-state index contributed by atoms with van der Waals surface area (Å²) in [6.45, 7) is 4.38. The molecular formula is C28H42N3O3+. The SMILES string of the molecule is COc1ccc(CCC[N+](C)(CCCc2ccc(OC)cc2)C[C@H](N)C(=O)N2CCCC2)cc1. The molecule has 0 aromatic heterocycles. The Hall–Kier alpha value is -2.57. The lowest BCUT2D eigenvalue weighted by Crippen LogP contribution is -2.57. The lowest BCUT2D eigenvalue weighted by molar-refractivity contribution is -0.910. The predicted octanol–water partition coefficient (Wildman–Crippen LogP) is 3.67. The summed E-state index contributed by atoms with van der Waals surface area (Å²) in [4.78, 5) is 14.8. The van der Waals surface area contributed by atoms with Crippen LogP contribution in [0.5, 0.6) is 11.5 Å². The van der Waals surface area contributed by atoms with Gasteiger partial charge in [0, 0.05) is 25.9 Å². The van der Waals surface area contributed by atoms with E-state index >= 15 is 0 Å². The molecule has 1 atom stereocenters. The Labute approximate surface area is 205 Å². The fourth-order valence-corrected chi connectivity index (χ4v) is 4.93. The highest BCUT2D eigenvalue weighted by Gasteiger charge is 2.31. The molecule has 3 rings (SSSR count). The van der Waals surface area contributed by atoms with Gasteiger partial charge in [-0.15, -0.1) is 0 Å². The molecule has 1 heterocycles. The van der Waals surface area contributed by atoms with Gasteiger partial charge in [0.1, 0.15) is 24.1 Å². The van der Waals surface area contributed by atoms with Crippen molar-refractivity contribution in [1.29, 1.82) is 0 Å². The zero-order valence-electron chi connectivity index (χ0n) is 21.2. The van der Waals surface area contributed by atoms with E-state index in [2.05, 4.69) is 31.3 Å². The number of hydrogen-bond acceptors (Lipinski definition) is 4. The second kappa shape index (κ2) is 12.8. The standard InChI is InChI=1S/C28H42N3O3/c1-31(22-27(29)28(32)30-18-4-5-19-30,20-6-8-23-10-14-25(33-2)15-11-23)21-7-9-24-12-16-26(34-3)17-13-24/h10-17,27H,4-9,18-22,29H2,1-3H3/q+1/t27-/m0/s1. The van der Waals surface area contributed by atoms with Crippen LogP contribution in [0.4, 0.5) is 0 Å². The van der Waals surface area contributed by atoms with Crippen molar-refractivity contribution in [2.75, 3.05) is 54.0 Å². The van der Waals surface area contributed by atoms with Gasteiger partial charge in [0.05, 0.1) is 34.4 Å². The van der Waals surface area contributed by atoms with Crippen molar-refractivity contribution in [1.82, 2.24) is 4.90 Å². The molecule has 2 aromatic carbocycles. The third-order valence-corrected chi connectivity index (χ3v) is 7.02. The summed E-state index contributed by atoms with van der Waals surface area (Å²) < 4.78 is 11.4. The molecule has 2 aromatic rings. The Morgan fingerprint density at radius 3 is 1.74 bits per heavy atom. The smallest absolute Gasteiger partial charge is 0.245 e. The number of ether oxygens (including phenoxy) is 2. The van der Waals surface area contributed by atoms with Crippen LogP contribution < -0.4 is 15.2 Å². The molecule has 1 aliphatic heterocycles. The third-order valence-electron chi connectivity index (χ3n) is 7.02. The van der Waals surface area contributed by atoms with Gasteiger partial charge in [0.15, 0.2) is 0 Å². The molecule has 1 aliphatic rings. The highest BCUT2D eigenvalue weighted by atomic mass is 16.5. The first-order valence-electron chi connectivity index (χ1n) is 12.6. The summed E-state index contributed by atoms with van der Waals surface area (Å²) in [5.74, 6) is 1.88. The number of amides is 1. The van der Waals surface area contributed by atoms with E-state index in [0.29, 0.717) is 6.54 Å². The van der Waals surface area contributed by atoms with Crippen LogP contribution in [0.25, 0.3) is 0 Å². The molecule has 0 unspecified atom stereocenters. The number of rotatable bonds is 13. The number of carbonyl (C=O) groups is 1. The summed E-state index contributed by atoms with van der Waals surface area (Å²) in [5, 5.41) is 0. The number of nitrogens with two attached hydrogens (primary N) is 1. The maximum absolute atomic E-state index is 12.9. The zero-order chi connectivity index (χ0) is 24.4. The van der Waals surface area contributed by atoms with Crippen LogP contribution in [0.3, 0.4) is 0 Å². The van der Waals surface area contributed by atoms with E-state index in [0.717, 1.165) is 80.7 Å². The maximum atomic E-state index is 12.9. The van der Waals surface area contributed by atoms with Crippen LogP contribution in [0, 0.1) is 0 Å². The molecule has 186 valence electrons. The van der Waals surface area contributed by atoms with Crippen molar-refractivity contribution in [3.8, 4) is 11.5 Å². The number of nitrogens with zero attached hydrogens (tertiary/aromatic N) is 2. The topological polar surface area (TPSA) is 64.8 Å². The lowest BCUT2D eigenvalue weighted by Gasteiger charge is -2.37. The number of quaternary nitrogens is 1. The fourth-order valence-electron chi connectivity index (χ4n) is 4.93. The minimum Gasteiger partial charge on any atom is -0.497 e. The molecule has 1 fully saturated rings. The molecule has 0 spiro atoms. The summed E-state index contributed by atoms with van der Waals surface area (Å²) in [5.41, 5.74) is 9.09. The number of methoxy groups -OCH3 is 2. The number of benzene rings is 2. The molecule has 1 amide bonds. The maximum Gasteiger partial charge on any atom is 0.245 e. The van der Waals surface area contributed by atoms with Crippen molar-refractivity contribution >= 4 is 5.91 Å². The largest absolute Gasteiger partial charge is 0.497 e. The number of likely N-dealkylation sites (N-methyl/N-ethyl adjacent to an activating group) is 1. The molecule has 6 nitrogen and oxygen atoms in total. The Morgan fingerprint density at radius 2 is 1.32 bits per heavy atom. The molecule has 0 radical (unpaired) electrons. The molecular weight excluding hydrogens is 426 g/mol. The van der Waals surface area contributed by atoms with Gasteiger partial charge in [-0.3, -0.25) is 4.79 Å². The van der Waals surface area contributed by atoms with Crippen LogP contribution in [0.15, 0.2) is 48.5 Å². The van der Waals surface area contributed by atoms with E-state index in [1.54, 1.807) is 14.2 Å². The van der Waals surface area contributed by atoms with Crippen molar-refractivity contribution in [2.24, 2.45) is 5.73 Å². The third kappa shape index (κ3) is 7.74. The van der Waals surface area contributed by atoms with Crippen molar-refractivity contribution in [3.63, 3.8) is 0 Å². The first kappa shape index (κ1) is 26.0. The van der Waals surface area contributed by atoms with E-state index in [1.165, 1.54) is 11.1 Å². The van der Waals surface area contributed by atoms with E-state index < -0.39 is 6.04 Å². The minimum absolute atomic E-state index is 0.118. The summed E-state index contributed by atoms with van der Waals surface area (Å²) in [6, 6.07) is 16.2. The van der Waals surface area contributed by atoms with Crippen LogP contribution in [-0.4, -0.2) is 75.3 Å². The highest BCUT2D eigenvalue weighted by molar-refractivity contribution is 5.82. The van der Waals surface area contributed by atoms with Gasteiger partial charge >= 0.3 is 0 Å². The fraction of sp³-hybridized carbons (Fsp3) is 0.536. The number of hydrogen-bond donors (Lipinski definition) is 1. The first-order valence-corrected chi connectivity index (χ1v) is 12.6. The number of aryl methyl sites for hydroxylation is 2. The van der Waals surface area contributed by atoms with Gasteiger partial charge in [-0.05, 0) is 61.1 Å². The average molecular weight is 469 g/mol. The second-order valence-corrected chi connectivity index (χ2v) is 9.79. The van der Waals surface area contributed by atoms with Gasteiger partial charge < -0.3 is 24.6 Å². The predicted molar refractivity (Wildman–Crippen MR) is 137 cm³/mol. The first-order chi connectivity index (χ1) is 16.4. The monoisotopic (exact) mass is 468 g/mol. The quantitative estimate of drug-likeness (QED) is 0.456. The summed E-state index contributed by atoms with van der Waals surface area (Å²) in [6.07, 6.45) is 6.30. The van der Waals surface area contributed by atoms with E-state index in [4.69, 9.17) is 15.2 Å². The lowest BCUT2D eigenvalue weighted by atomic mass is 10.1. The Kier molecular flexibility index (Phi) is 9.78. The molecule has 0 aliphatic carbocycles. The molecule has 0 saturated carbocycles. The minimum atomic E-state index is -0.440. The highest BCUT2D eigenvalue weighted by Crippen LogP contribution is 2.18. The number of carbonyl (C=O) groups excluding carboxylic acids is 1. The molecule has 6 heteroatoms. The van der Waals surface area contributed by atoms with Crippen LogP contribution in [0.1, 0.15) is 36.8 Å². The van der Waals surface area contributed by atoms with E-state index in [-0.39, 0.29) is 5.91 Å². The summed E-state index contributed by atoms with van der Waals surface area (Å²) in [7, 11) is 5.65. The second-order valence-electron chi connectivity index (χ2n) is 9.79. The van der Waals surface area contributed by atoms with Gasteiger partial charge in [0.2, 0.25) is 5.91 Å². The van der Waals surface area contributed by atoms with Gasteiger partial charge in [-0.2, -0.15) is 0 Å². The molecule has 0 bridgehead atoms. The molecule has 1 saturated heterocycles. The number of likely N-dealkylation sites (tertiary alicyclic amines) is 1. The van der Waals surface area contributed by atoms with Crippen LogP contribution >= 0.6 is 0 Å². The van der Waals surface area contributed by atoms with Crippen LogP contribution in [0.2, 0.25) is 0 Å². The Balaban J connectivity index is 1.58. The Bertz CT molecular complexity index is 823. The average Bonchev–Trinajstić information content (AvgIpc) is 3.39. The normalized spacial score (nSPS) is 14.8.